The lowest BCUT2D eigenvalue weighted by Crippen LogP contribution is -2.19. The molecule has 0 radical (unpaired) electrons. The van der Waals surface area contributed by atoms with E-state index >= 15 is 0 Å². The molecular weight excluding hydrogens is 295 g/mol. The number of aryl methyl sites for hydroxylation is 1. The number of benzene rings is 2. The minimum atomic E-state index is -0.478. The second-order valence-corrected chi connectivity index (χ2v) is 4.99. The van der Waals surface area contributed by atoms with E-state index < -0.39 is 11.8 Å². The Morgan fingerprint density at radius 1 is 1.04 bits per heavy atom. The van der Waals surface area contributed by atoms with Crippen molar-refractivity contribution in [1.29, 1.82) is 0 Å². The molecule has 0 aliphatic carbocycles. The van der Waals surface area contributed by atoms with E-state index in [2.05, 4.69) is 15.7 Å². The van der Waals surface area contributed by atoms with E-state index in [1.807, 2.05) is 30.3 Å². The molecule has 1 heterocycles. The summed E-state index contributed by atoms with van der Waals surface area (Å²) in [6, 6.07) is 16.7. The molecule has 5 nitrogen and oxygen atoms in total. The Bertz CT molecular complexity index is 830. The Labute approximate surface area is 132 Å². The highest BCUT2D eigenvalue weighted by molar-refractivity contribution is 5.99. The normalized spacial score (nSPS) is 10.3. The van der Waals surface area contributed by atoms with Crippen LogP contribution in [0.4, 0.5) is 20.7 Å². The topological polar surface area (TPSA) is 59.0 Å². The Morgan fingerprint density at radius 3 is 2.57 bits per heavy atom. The molecule has 0 aliphatic heterocycles. The van der Waals surface area contributed by atoms with Gasteiger partial charge in [-0.25, -0.2) is 9.18 Å². The summed E-state index contributed by atoms with van der Waals surface area (Å²) < 4.78 is 14.8. The number of aromatic nitrogens is 2. The molecule has 23 heavy (non-hydrogen) atoms. The van der Waals surface area contributed by atoms with Crippen LogP contribution in [0.3, 0.4) is 0 Å². The molecule has 0 atom stereocenters. The molecule has 3 rings (SSSR count). The largest absolute Gasteiger partial charge is 0.324 e. The molecule has 116 valence electrons. The Kier molecular flexibility index (Phi) is 4.05. The maximum Gasteiger partial charge on any atom is 0.324 e. The number of nitrogens with one attached hydrogen (secondary N) is 2. The van der Waals surface area contributed by atoms with Gasteiger partial charge >= 0.3 is 6.03 Å². The highest BCUT2D eigenvalue weighted by Crippen LogP contribution is 2.21. The third kappa shape index (κ3) is 3.55. The fraction of sp³-hybridized carbons (Fsp3) is 0.0588. The predicted molar refractivity (Wildman–Crippen MR) is 87.7 cm³/mol. The predicted octanol–water partition coefficient (Wildman–Crippen LogP) is 3.87. The first-order valence-electron chi connectivity index (χ1n) is 7.05. The molecule has 6 heteroatoms. The van der Waals surface area contributed by atoms with E-state index in [1.54, 1.807) is 23.9 Å². The summed E-state index contributed by atoms with van der Waals surface area (Å²) in [6.45, 7) is 0. The standard InChI is InChI=1S/C17H15FN4O/c1-22-15(12-6-3-2-4-7-12)11-16(21-22)20-17(23)19-14-9-5-8-13(18)10-14/h2-11H,1H3,(H2,19,20,21,23). The highest BCUT2D eigenvalue weighted by atomic mass is 19.1. The van der Waals surface area contributed by atoms with Crippen molar-refractivity contribution in [3.63, 3.8) is 0 Å². The first kappa shape index (κ1) is 14.8. The summed E-state index contributed by atoms with van der Waals surface area (Å²) in [6.07, 6.45) is 0. The van der Waals surface area contributed by atoms with Crippen molar-refractivity contribution in [2.45, 2.75) is 0 Å². The average Bonchev–Trinajstić information content (AvgIpc) is 2.88. The minimum absolute atomic E-state index is 0.377. The van der Waals surface area contributed by atoms with E-state index in [1.165, 1.54) is 18.2 Å². The first-order chi connectivity index (χ1) is 11.1. The van der Waals surface area contributed by atoms with E-state index in [9.17, 15) is 9.18 Å². The summed E-state index contributed by atoms with van der Waals surface area (Å²) in [4.78, 5) is 12.0. The van der Waals surface area contributed by atoms with Gasteiger partial charge in [0, 0.05) is 18.8 Å². The molecule has 0 unspecified atom stereocenters. The van der Waals surface area contributed by atoms with Crippen molar-refractivity contribution in [3.05, 3.63) is 66.5 Å². The van der Waals surface area contributed by atoms with Crippen molar-refractivity contribution in [3.8, 4) is 11.3 Å². The summed E-state index contributed by atoms with van der Waals surface area (Å²) in [5.41, 5.74) is 2.26. The molecule has 2 aromatic carbocycles. The smallest absolute Gasteiger partial charge is 0.308 e. The minimum Gasteiger partial charge on any atom is -0.308 e. The number of carbonyl (C=O) groups is 1. The summed E-state index contributed by atoms with van der Waals surface area (Å²) >= 11 is 0. The lowest BCUT2D eigenvalue weighted by molar-refractivity contribution is 0.262. The number of amides is 2. The molecular formula is C17H15FN4O. The van der Waals surface area contributed by atoms with Crippen molar-refractivity contribution >= 4 is 17.5 Å². The van der Waals surface area contributed by atoms with Crippen LogP contribution >= 0.6 is 0 Å². The van der Waals surface area contributed by atoms with E-state index in [-0.39, 0.29) is 0 Å². The number of hydrogen-bond acceptors (Lipinski definition) is 2. The average molecular weight is 310 g/mol. The number of carbonyl (C=O) groups excluding carboxylic acids is 1. The molecule has 0 bridgehead atoms. The summed E-state index contributed by atoms with van der Waals surface area (Å²) in [5, 5.41) is 9.45. The number of hydrogen-bond donors (Lipinski definition) is 2. The lowest BCUT2D eigenvalue weighted by atomic mass is 10.1. The fourth-order valence-electron chi connectivity index (χ4n) is 2.25. The van der Waals surface area contributed by atoms with Gasteiger partial charge in [0.05, 0.1) is 5.69 Å². The van der Waals surface area contributed by atoms with Gasteiger partial charge in [0.15, 0.2) is 5.82 Å². The monoisotopic (exact) mass is 310 g/mol. The number of halogens is 1. The van der Waals surface area contributed by atoms with Gasteiger partial charge < -0.3 is 5.32 Å². The van der Waals surface area contributed by atoms with Gasteiger partial charge in [-0.05, 0) is 23.8 Å². The van der Waals surface area contributed by atoms with Crippen LogP contribution in [-0.2, 0) is 7.05 Å². The van der Waals surface area contributed by atoms with Gasteiger partial charge in [-0.1, -0.05) is 36.4 Å². The molecule has 2 N–H and O–H groups in total. The van der Waals surface area contributed by atoms with Crippen LogP contribution in [0.25, 0.3) is 11.3 Å². The van der Waals surface area contributed by atoms with Crippen molar-refractivity contribution in [2.75, 3.05) is 10.6 Å². The summed E-state index contributed by atoms with van der Waals surface area (Å²) in [5.74, 6) is 0.00672. The van der Waals surface area contributed by atoms with E-state index in [0.717, 1.165) is 11.3 Å². The lowest BCUT2D eigenvalue weighted by Gasteiger charge is -2.05. The van der Waals surface area contributed by atoms with E-state index in [4.69, 9.17) is 0 Å². The van der Waals surface area contributed by atoms with Gasteiger partial charge in [-0.3, -0.25) is 10.00 Å². The van der Waals surface area contributed by atoms with Gasteiger partial charge in [0.2, 0.25) is 0 Å². The number of nitrogens with zero attached hydrogens (tertiary/aromatic N) is 2. The van der Waals surface area contributed by atoms with Crippen LogP contribution < -0.4 is 10.6 Å². The zero-order chi connectivity index (χ0) is 16.2. The molecule has 0 fully saturated rings. The Balaban J connectivity index is 1.72. The number of rotatable bonds is 3. The Morgan fingerprint density at radius 2 is 1.83 bits per heavy atom. The number of urea groups is 1. The van der Waals surface area contributed by atoms with Crippen LogP contribution in [0.2, 0.25) is 0 Å². The molecule has 2 amide bonds. The molecule has 0 saturated heterocycles. The van der Waals surface area contributed by atoms with Crippen LogP contribution in [-0.4, -0.2) is 15.8 Å². The molecule has 0 saturated carbocycles. The second kappa shape index (κ2) is 6.31. The van der Waals surface area contributed by atoms with Gasteiger partial charge in [-0.15, -0.1) is 0 Å². The number of anilines is 2. The first-order valence-corrected chi connectivity index (χ1v) is 7.05. The van der Waals surface area contributed by atoms with Crippen molar-refractivity contribution in [2.24, 2.45) is 7.05 Å². The van der Waals surface area contributed by atoms with Crippen LogP contribution in [0, 0.1) is 5.82 Å². The van der Waals surface area contributed by atoms with Gasteiger partial charge in [-0.2, -0.15) is 5.10 Å². The van der Waals surface area contributed by atoms with Gasteiger partial charge in [0.25, 0.3) is 0 Å². The van der Waals surface area contributed by atoms with E-state index in [0.29, 0.717) is 11.5 Å². The van der Waals surface area contributed by atoms with Crippen LogP contribution in [0.1, 0.15) is 0 Å². The van der Waals surface area contributed by atoms with Crippen molar-refractivity contribution in [1.82, 2.24) is 9.78 Å². The summed E-state index contributed by atoms with van der Waals surface area (Å²) in [7, 11) is 1.80. The highest BCUT2D eigenvalue weighted by Gasteiger charge is 2.10. The third-order valence-electron chi connectivity index (χ3n) is 3.27. The Hall–Kier alpha value is -3.15. The molecule has 1 aromatic heterocycles. The zero-order valence-electron chi connectivity index (χ0n) is 12.5. The SMILES string of the molecule is Cn1nc(NC(=O)Nc2cccc(F)c2)cc1-c1ccccc1. The quantitative estimate of drug-likeness (QED) is 0.771. The molecule has 3 aromatic rings. The fourth-order valence-corrected chi connectivity index (χ4v) is 2.25. The van der Waals surface area contributed by atoms with Crippen molar-refractivity contribution < 1.29 is 9.18 Å². The van der Waals surface area contributed by atoms with Crippen LogP contribution in [0.5, 0.6) is 0 Å². The zero-order valence-corrected chi connectivity index (χ0v) is 12.5. The molecule has 0 spiro atoms. The maximum absolute atomic E-state index is 13.1. The maximum atomic E-state index is 13.1. The second-order valence-electron chi connectivity index (χ2n) is 4.99. The van der Waals surface area contributed by atoms with Gasteiger partial charge in [0.1, 0.15) is 5.82 Å². The van der Waals surface area contributed by atoms with Crippen LogP contribution in [0.15, 0.2) is 60.7 Å². The molecule has 0 aliphatic rings. The third-order valence-corrected chi connectivity index (χ3v) is 3.27.